The summed E-state index contributed by atoms with van der Waals surface area (Å²) in [6.45, 7) is 6.72. The first-order valence-corrected chi connectivity index (χ1v) is 16.6. The van der Waals surface area contributed by atoms with Crippen LogP contribution in [0.15, 0.2) is 36.9 Å². The third-order valence-electron chi connectivity index (χ3n) is 9.94. The van der Waals surface area contributed by atoms with Gasteiger partial charge in [-0.3, -0.25) is 9.69 Å². The predicted molar refractivity (Wildman–Crippen MR) is 173 cm³/mol. The van der Waals surface area contributed by atoms with Gasteiger partial charge in [0.25, 0.3) is 0 Å². The highest BCUT2D eigenvalue weighted by Crippen LogP contribution is 2.47. The van der Waals surface area contributed by atoms with E-state index in [0.29, 0.717) is 25.9 Å². The third kappa shape index (κ3) is 5.60. The molecule has 7 rings (SSSR count). The number of benzene rings is 2. The molecule has 3 aliphatic heterocycles. The lowest BCUT2D eigenvalue weighted by Crippen LogP contribution is -2.43. The van der Waals surface area contributed by atoms with Gasteiger partial charge < -0.3 is 20.1 Å². The molecular weight excluding hydrogens is 667 g/mol. The number of carbonyl (C=O) groups excluding carboxylic acids is 1. The quantitative estimate of drug-likeness (QED) is 0.169. The number of aromatic nitrogens is 2. The number of anilines is 1. The summed E-state index contributed by atoms with van der Waals surface area (Å²) in [6.07, 6.45) is -3.12. The molecule has 0 saturated carbocycles. The van der Waals surface area contributed by atoms with Gasteiger partial charge in [0, 0.05) is 31.3 Å². The summed E-state index contributed by atoms with van der Waals surface area (Å²) in [5.74, 6) is -1.21. The minimum absolute atomic E-state index is 0.0238. The van der Waals surface area contributed by atoms with Crippen molar-refractivity contribution < 1.29 is 36.2 Å². The van der Waals surface area contributed by atoms with E-state index >= 15 is 0 Å². The molecule has 49 heavy (non-hydrogen) atoms. The minimum Gasteiger partial charge on any atom is -0.471 e. The molecule has 2 aromatic heterocycles. The Balaban J connectivity index is 1.39. The van der Waals surface area contributed by atoms with Crippen LogP contribution in [-0.4, -0.2) is 75.8 Å². The standard InChI is InChI=1S/C34H31F5N6O3S/c1-3-27(46)45-10-7-26(17(45)2)48-31-21-11-23(34(37,38)39)20(19-5-6-24(36)29-28(19)22(14-40)30(41)49-29)12-25(21)42-32(43-31)47-16-33-8-4-9-44(33)15-18(35)13-33/h3,5-6,11-12,17-18,26H,1,4,7-10,13,15-16,41H2,2H3. The molecule has 3 fully saturated rings. The molecule has 4 unspecified atom stereocenters. The molecular formula is C34H31F5N6O3S. The van der Waals surface area contributed by atoms with E-state index in [4.69, 9.17) is 15.2 Å². The molecule has 2 N–H and O–H groups in total. The molecule has 3 saturated heterocycles. The maximum atomic E-state index is 14.9. The van der Waals surface area contributed by atoms with E-state index in [-0.39, 0.29) is 73.5 Å². The second-order valence-corrected chi connectivity index (χ2v) is 13.8. The molecule has 4 atom stereocenters. The lowest BCUT2D eigenvalue weighted by Gasteiger charge is -2.31. The Kier molecular flexibility index (Phi) is 8.14. The summed E-state index contributed by atoms with van der Waals surface area (Å²) >= 11 is 0.777. The van der Waals surface area contributed by atoms with Crippen molar-refractivity contribution >= 4 is 43.2 Å². The highest BCUT2D eigenvalue weighted by atomic mass is 32.1. The smallest absolute Gasteiger partial charge is 0.417 e. The molecule has 4 aromatic rings. The number of thiophene rings is 1. The number of nitriles is 1. The Labute approximate surface area is 281 Å². The molecule has 5 heterocycles. The number of nitrogens with zero attached hydrogens (tertiary/aromatic N) is 5. The number of nitrogen functional groups attached to an aromatic ring is 1. The molecule has 0 radical (unpaired) electrons. The van der Waals surface area contributed by atoms with Crippen molar-refractivity contribution in [1.29, 1.82) is 5.26 Å². The second-order valence-electron chi connectivity index (χ2n) is 12.8. The van der Waals surface area contributed by atoms with Crippen LogP contribution >= 0.6 is 11.3 Å². The maximum absolute atomic E-state index is 14.9. The van der Waals surface area contributed by atoms with Gasteiger partial charge in [-0.15, -0.1) is 11.3 Å². The van der Waals surface area contributed by atoms with Gasteiger partial charge in [-0.2, -0.15) is 28.4 Å². The van der Waals surface area contributed by atoms with Crippen LogP contribution in [0.25, 0.3) is 32.1 Å². The maximum Gasteiger partial charge on any atom is 0.417 e. The largest absolute Gasteiger partial charge is 0.471 e. The van der Waals surface area contributed by atoms with Crippen LogP contribution in [0.5, 0.6) is 11.9 Å². The van der Waals surface area contributed by atoms with E-state index in [2.05, 4.69) is 16.5 Å². The van der Waals surface area contributed by atoms with Crippen molar-refractivity contribution in [2.75, 3.05) is 32.0 Å². The molecule has 0 bridgehead atoms. The first-order valence-electron chi connectivity index (χ1n) is 15.8. The summed E-state index contributed by atoms with van der Waals surface area (Å²) in [6, 6.07) is 5.56. The zero-order chi connectivity index (χ0) is 34.8. The van der Waals surface area contributed by atoms with Gasteiger partial charge in [-0.25, -0.2) is 8.78 Å². The Bertz CT molecular complexity index is 2050. The summed E-state index contributed by atoms with van der Waals surface area (Å²) < 4.78 is 86.3. The number of rotatable bonds is 7. The number of carbonyl (C=O) groups is 1. The van der Waals surface area contributed by atoms with Crippen LogP contribution in [0.1, 0.15) is 43.7 Å². The number of fused-ring (bicyclic) bond motifs is 3. The number of amides is 1. The molecule has 3 aliphatic rings. The molecule has 9 nitrogen and oxygen atoms in total. The van der Waals surface area contributed by atoms with E-state index < -0.39 is 41.4 Å². The summed E-state index contributed by atoms with van der Waals surface area (Å²) in [4.78, 5) is 24.9. The molecule has 1 amide bonds. The number of halogens is 5. The van der Waals surface area contributed by atoms with Gasteiger partial charge >= 0.3 is 12.2 Å². The van der Waals surface area contributed by atoms with Crippen LogP contribution < -0.4 is 15.2 Å². The Morgan fingerprint density at radius 3 is 2.80 bits per heavy atom. The fourth-order valence-electron chi connectivity index (χ4n) is 7.55. The SMILES string of the molecule is C=CC(=O)N1CCC(Oc2nc(OCC34CCCN3CC(F)C4)nc3cc(-c4ccc(F)c5sc(N)c(C#N)c45)c(C(F)(F)F)cc23)C1C. The third-order valence-corrected chi connectivity index (χ3v) is 11.0. The van der Waals surface area contributed by atoms with E-state index in [1.807, 2.05) is 11.0 Å². The van der Waals surface area contributed by atoms with Crippen LogP contribution in [0.4, 0.5) is 27.0 Å². The number of alkyl halides is 4. The van der Waals surface area contributed by atoms with Gasteiger partial charge in [0.2, 0.25) is 11.8 Å². The highest BCUT2D eigenvalue weighted by Gasteiger charge is 2.49. The normalized spacial score (nSPS) is 24.0. The lowest BCUT2D eigenvalue weighted by molar-refractivity contribution is -0.137. The highest BCUT2D eigenvalue weighted by molar-refractivity contribution is 7.23. The van der Waals surface area contributed by atoms with Gasteiger partial charge in [0.1, 0.15) is 35.8 Å². The number of ether oxygens (including phenoxy) is 2. The van der Waals surface area contributed by atoms with E-state index in [9.17, 15) is 32.0 Å². The average Bonchev–Trinajstić information content (AvgIpc) is 3.80. The molecule has 15 heteroatoms. The molecule has 0 aliphatic carbocycles. The number of nitrogens with two attached hydrogens (primary N) is 1. The van der Waals surface area contributed by atoms with Crippen molar-refractivity contribution in [1.82, 2.24) is 19.8 Å². The summed E-state index contributed by atoms with van der Waals surface area (Å²) in [5, 5.41) is 9.69. The van der Waals surface area contributed by atoms with Crippen molar-refractivity contribution in [3.8, 4) is 29.1 Å². The molecule has 0 spiro atoms. The fraction of sp³-hybridized carbons (Fsp3) is 0.412. The van der Waals surface area contributed by atoms with Gasteiger partial charge in [-0.1, -0.05) is 12.6 Å². The van der Waals surface area contributed by atoms with Crippen molar-refractivity contribution in [2.24, 2.45) is 0 Å². The van der Waals surface area contributed by atoms with Gasteiger partial charge in [-0.05, 0) is 61.7 Å². The number of hydrogen-bond acceptors (Lipinski definition) is 9. The zero-order valence-corrected chi connectivity index (χ0v) is 27.1. The number of likely N-dealkylation sites (tertiary alicyclic amines) is 1. The first-order chi connectivity index (χ1) is 23.3. The Hall–Kier alpha value is -4.55. The van der Waals surface area contributed by atoms with Crippen LogP contribution in [0.2, 0.25) is 0 Å². The Morgan fingerprint density at radius 2 is 2.06 bits per heavy atom. The van der Waals surface area contributed by atoms with Gasteiger partial charge in [0.05, 0.1) is 38.3 Å². The molecule has 256 valence electrons. The van der Waals surface area contributed by atoms with E-state index in [1.165, 1.54) is 18.2 Å². The van der Waals surface area contributed by atoms with E-state index in [1.54, 1.807) is 11.8 Å². The monoisotopic (exact) mass is 698 g/mol. The fourth-order valence-corrected chi connectivity index (χ4v) is 8.50. The minimum atomic E-state index is -4.91. The summed E-state index contributed by atoms with van der Waals surface area (Å²) in [5.41, 5.74) is 3.83. The van der Waals surface area contributed by atoms with Gasteiger partial charge in [0.15, 0.2) is 0 Å². The van der Waals surface area contributed by atoms with Crippen molar-refractivity contribution in [2.45, 2.75) is 62.6 Å². The van der Waals surface area contributed by atoms with Crippen molar-refractivity contribution in [3.63, 3.8) is 0 Å². The van der Waals surface area contributed by atoms with Crippen molar-refractivity contribution in [3.05, 3.63) is 53.9 Å². The number of hydrogen-bond donors (Lipinski definition) is 1. The first kappa shape index (κ1) is 33.0. The molecule has 2 aromatic carbocycles. The van der Waals surface area contributed by atoms with Crippen LogP contribution in [0.3, 0.4) is 0 Å². The Morgan fingerprint density at radius 1 is 1.27 bits per heavy atom. The van der Waals surface area contributed by atoms with E-state index in [0.717, 1.165) is 36.4 Å². The zero-order valence-electron chi connectivity index (χ0n) is 26.3. The topological polar surface area (TPSA) is 118 Å². The average molecular weight is 699 g/mol. The predicted octanol–water partition coefficient (Wildman–Crippen LogP) is 6.63. The van der Waals surface area contributed by atoms with Crippen LogP contribution in [-0.2, 0) is 11.0 Å². The lowest BCUT2D eigenvalue weighted by atomic mass is 9.93. The van der Waals surface area contributed by atoms with Crippen LogP contribution in [0, 0.1) is 17.1 Å². The second kappa shape index (κ2) is 12.1. The summed E-state index contributed by atoms with van der Waals surface area (Å²) in [7, 11) is 0.